The molecule has 1 amide bonds. The van der Waals surface area contributed by atoms with Gasteiger partial charge in [-0.3, -0.25) is 9.69 Å². The molecule has 0 spiro atoms. The number of carbonyl (C=O) groups is 1. The smallest absolute Gasteiger partial charge is 0.273 e. The maximum absolute atomic E-state index is 13.3. The summed E-state index contributed by atoms with van der Waals surface area (Å²) in [6, 6.07) is 14.0. The Kier molecular flexibility index (Phi) is 6.40. The van der Waals surface area contributed by atoms with Crippen molar-refractivity contribution in [2.24, 2.45) is 0 Å². The van der Waals surface area contributed by atoms with E-state index in [1.807, 2.05) is 24.3 Å². The molecule has 6 nitrogen and oxygen atoms in total. The third kappa shape index (κ3) is 4.86. The van der Waals surface area contributed by atoms with Gasteiger partial charge in [0.15, 0.2) is 5.69 Å². The molecule has 4 rings (SSSR count). The molecule has 30 heavy (non-hydrogen) atoms. The van der Waals surface area contributed by atoms with Gasteiger partial charge in [0.2, 0.25) is 0 Å². The second-order valence-electron chi connectivity index (χ2n) is 7.41. The highest BCUT2D eigenvalue weighted by atomic mass is 35.5. The fourth-order valence-corrected chi connectivity index (χ4v) is 3.95. The van der Waals surface area contributed by atoms with Crippen LogP contribution in [0.15, 0.2) is 54.7 Å². The van der Waals surface area contributed by atoms with Gasteiger partial charge in [-0.15, -0.1) is 5.10 Å². The summed E-state index contributed by atoms with van der Waals surface area (Å²) in [4.78, 5) is 15.0. The fourth-order valence-electron chi connectivity index (χ4n) is 3.76. The molecule has 2 heterocycles. The zero-order chi connectivity index (χ0) is 20.9. The average molecular weight is 428 g/mol. The summed E-state index contributed by atoms with van der Waals surface area (Å²) in [5.41, 5.74) is 2.14. The molecular formula is C22H23ClFN5O. The summed E-state index contributed by atoms with van der Waals surface area (Å²) in [6.07, 6.45) is 3.87. The standard InChI is InChI=1S/C22H23ClFN5O/c23-19-6-2-1-5-17(19)14-29-15-20(26-27-29)22(30)25-13-21(28-11-3-4-12-28)16-7-9-18(24)10-8-16/h1-2,5-10,15,21H,3-4,11-14H2,(H,25,30)/t21-/m0/s1. The van der Waals surface area contributed by atoms with Crippen molar-refractivity contribution in [2.45, 2.75) is 25.4 Å². The first-order chi connectivity index (χ1) is 14.6. The molecule has 2 aromatic carbocycles. The Hall–Kier alpha value is -2.77. The van der Waals surface area contributed by atoms with Gasteiger partial charge >= 0.3 is 0 Å². The first kappa shape index (κ1) is 20.5. The van der Waals surface area contributed by atoms with Crippen molar-refractivity contribution in [1.29, 1.82) is 0 Å². The number of carbonyl (C=O) groups excluding carboxylic acids is 1. The van der Waals surface area contributed by atoms with Crippen LogP contribution in [0.2, 0.25) is 5.02 Å². The SMILES string of the molecule is O=C(NC[C@@H](c1ccc(F)cc1)N1CCCC1)c1cn(Cc2ccccc2Cl)nn1. The molecule has 3 aromatic rings. The Bertz CT molecular complexity index is 1000. The molecule has 1 aromatic heterocycles. The van der Waals surface area contributed by atoms with Crippen LogP contribution in [-0.4, -0.2) is 45.4 Å². The van der Waals surface area contributed by atoms with Crippen LogP contribution >= 0.6 is 11.6 Å². The number of halogens is 2. The Morgan fingerprint density at radius 2 is 1.87 bits per heavy atom. The molecule has 1 saturated heterocycles. The second kappa shape index (κ2) is 9.36. The maximum atomic E-state index is 13.3. The maximum Gasteiger partial charge on any atom is 0.273 e. The number of benzene rings is 2. The summed E-state index contributed by atoms with van der Waals surface area (Å²) in [5, 5.41) is 11.6. The highest BCUT2D eigenvalue weighted by molar-refractivity contribution is 6.31. The molecular weight excluding hydrogens is 405 g/mol. The number of hydrogen-bond donors (Lipinski definition) is 1. The van der Waals surface area contributed by atoms with Gasteiger partial charge in [-0.25, -0.2) is 9.07 Å². The predicted molar refractivity (Wildman–Crippen MR) is 113 cm³/mol. The van der Waals surface area contributed by atoms with Gasteiger partial charge in [0.25, 0.3) is 5.91 Å². The zero-order valence-corrected chi connectivity index (χ0v) is 17.2. The number of rotatable bonds is 7. The van der Waals surface area contributed by atoms with E-state index in [4.69, 9.17) is 11.6 Å². The first-order valence-corrected chi connectivity index (χ1v) is 10.4. The highest BCUT2D eigenvalue weighted by Crippen LogP contribution is 2.25. The number of hydrogen-bond acceptors (Lipinski definition) is 4. The van der Waals surface area contributed by atoms with Gasteiger partial charge in [0.05, 0.1) is 18.8 Å². The van der Waals surface area contributed by atoms with Crippen molar-refractivity contribution in [3.63, 3.8) is 0 Å². The summed E-state index contributed by atoms with van der Waals surface area (Å²) in [7, 11) is 0. The number of amides is 1. The Labute approximate surface area is 179 Å². The van der Waals surface area contributed by atoms with Crippen molar-refractivity contribution < 1.29 is 9.18 Å². The molecule has 0 radical (unpaired) electrons. The lowest BCUT2D eigenvalue weighted by atomic mass is 10.1. The lowest BCUT2D eigenvalue weighted by molar-refractivity contribution is 0.0932. The monoisotopic (exact) mass is 427 g/mol. The van der Waals surface area contributed by atoms with Crippen LogP contribution in [0.3, 0.4) is 0 Å². The molecule has 156 valence electrons. The third-order valence-corrected chi connectivity index (χ3v) is 5.72. The van der Waals surface area contributed by atoms with Crippen LogP contribution in [0.5, 0.6) is 0 Å². The van der Waals surface area contributed by atoms with E-state index < -0.39 is 0 Å². The number of nitrogens with zero attached hydrogens (tertiary/aromatic N) is 4. The zero-order valence-electron chi connectivity index (χ0n) is 16.5. The lowest BCUT2D eigenvalue weighted by Gasteiger charge is -2.28. The van der Waals surface area contributed by atoms with E-state index in [9.17, 15) is 9.18 Å². The molecule has 0 saturated carbocycles. The number of nitrogens with one attached hydrogen (secondary N) is 1. The Balaban J connectivity index is 1.41. The van der Waals surface area contributed by atoms with Gasteiger partial charge in [-0.1, -0.05) is 47.1 Å². The van der Waals surface area contributed by atoms with E-state index in [2.05, 4.69) is 20.5 Å². The van der Waals surface area contributed by atoms with Crippen LogP contribution < -0.4 is 5.32 Å². The van der Waals surface area contributed by atoms with Gasteiger partial charge in [-0.2, -0.15) is 0 Å². The molecule has 0 bridgehead atoms. The van der Waals surface area contributed by atoms with Crippen LogP contribution in [0.4, 0.5) is 4.39 Å². The summed E-state index contributed by atoms with van der Waals surface area (Å²) >= 11 is 6.19. The van der Waals surface area contributed by atoms with Gasteiger partial charge in [0.1, 0.15) is 5.82 Å². The molecule has 1 aliphatic heterocycles. The minimum absolute atomic E-state index is 0.00443. The molecule has 1 fully saturated rings. The predicted octanol–water partition coefficient (Wildman–Crippen LogP) is 3.69. The highest BCUT2D eigenvalue weighted by Gasteiger charge is 2.24. The quantitative estimate of drug-likeness (QED) is 0.624. The van der Waals surface area contributed by atoms with E-state index >= 15 is 0 Å². The van der Waals surface area contributed by atoms with Crippen molar-refractivity contribution >= 4 is 17.5 Å². The summed E-state index contributed by atoms with van der Waals surface area (Å²) < 4.78 is 14.9. The van der Waals surface area contributed by atoms with E-state index in [0.717, 1.165) is 37.1 Å². The number of likely N-dealkylation sites (tertiary alicyclic amines) is 1. The minimum atomic E-state index is -0.285. The molecule has 0 unspecified atom stereocenters. The van der Waals surface area contributed by atoms with Crippen molar-refractivity contribution in [3.8, 4) is 0 Å². The van der Waals surface area contributed by atoms with E-state index in [0.29, 0.717) is 18.1 Å². The molecule has 1 atom stereocenters. The molecule has 1 N–H and O–H groups in total. The fraction of sp³-hybridized carbons (Fsp3) is 0.318. The lowest BCUT2D eigenvalue weighted by Crippen LogP contribution is -2.37. The Morgan fingerprint density at radius 1 is 1.13 bits per heavy atom. The van der Waals surface area contributed by atoms with Crippen LogP contribution in [0, 0.1) is 5.82 Å². The van der Waals surface area contributed by atoms with Crippen molar-refractivity contribution in [2.75, 3.05) is 19.6 Å². The topological polar surface area (TPSA) is 63.1 Å². The largest absolute Gasteiger partial charge is 0.349 e. The second-order valence-corrected chi connectivity index (χ2v) is 7.82. The number of aromatic nitrogens is 3. The van der Waals surface area contributed by atoms with Crippen molar-refractivity contribution in [3.05, 3.63) is 82.4 Å². The molecule has 0 aliphatic carbocycles. The third-order valence-electron chi connectivity index (χ3n) is 5.35. The van der Waals surface area contributed by atoms with Crippen molar-refractivity contribution in [1.82, 2.24) is 25.2 Å². The van der Waals surface area contributed by atoms with Crippen LogP contribution in [0.1, 0.15) is 40.5 Å². The summed E-state index contributed by atoms with van der Waals surface area (Å²) in [5.74, 6) is -0.551. The van der Waals surface area contributed by atoms with E-state index in [-0.39, 0.29) is 23.5 Å². The van der Waals surface area contributed by atoms with E-state index in [1.54, 1.807) is 23.0 Å². The Morgan fingerprint density at radius 3 is 2.60 bits per heavy atom. The molecule has 1 aliphatic rings. The average Bonchev–Trinajstić information content (AvgIpc) is 3.44. The van der Waals surface area contributed by atoms with Gasteiger partial charge < -0.3 is 5.32 Å². The van der Waals surface area contributed by atoms with Crippen LogP contribution in [0.25, 0.3) is 0 Å². The molecule has 8 heteroatoms. The van der Waals surface area contributed by atoms with Gasteiger partial charge in [0, 0.05) is 11.6 Å². The first-order valence-electron chi connectivity index (χ1n) is 10.0. The van der Waals surface area contributed by atoms with Gasteiger partial charge in [-0.05, 0) is 55.3 Å². The van der Waals surface area contributed by atoms with Crippen LogP contribution in [-0.2, 0) is 6.54 Å². The summed E-state index contributed by atoms with van der Waals surface area (Å²) in [6.45, 7) is 2.78. The normalized spacial score (nSPS) is 15.3. The minimum Gasteiger partial charge on any atom is -0.349 e. The van der Waals surface area contributed by atoms with E-state index in [1.165, 1.54) is 12.1 Å².